The van der Waals surface area contributed by atoms with Gasteiger partial charge in [-0.05, 0) is 86.3 Å². The maximum atomic E-state index is 12.5. The zero-order valence-electron chi connectivity index (χ0n) is 18.1. The molecule has 0 unspecified atom stereocenters. The molecule has 6 nitrogen and oxygen atoms in total. The van der Waals surface area contributed by atoms with E-state index in [0.717, 1.165) is 22.3 Å². The van der Waals surface area contributed by atoms with E-state index in [1.165, 1.54) is 0 Å². The SMILES string of the molecule is Cc1cc(C)c2nc(-c3ccc(-c4nc5c(C)cc(C)cc5c(=O)o4)cc3)oc(=O)c2c1. The van der Waals surface area contributed by atoms with Gasteiger partial charge in [-0.3, -0.25) is 0 Å². The molecule has 0 spiro atoms. The maximum absolute atomic E-state index is 12.5. The minimum atomic E-state index is -0.422. The highest BCUT2D eigenvalue weighted by Gasteiger charge is 2.14. The number of hydrogen-bond donors (Lipinski definition) is 0. The number of fused-ring (bicyclic) bond motifs is 2. The molecule has 0 radical (unpaired) electrons. The Labute approximate surface area is 183 Å². The molecule has 0 fully saturated rings. The van der Waals surface area contributed by atoms with Crippen LogP contribution in [0.1, 0.15) is 22.3 Å². The zero-order valence-corrected chi connectivity index (χ0v) is 18.1. The topological polar surface area (TPSA) is 86.2 Å². The highest BCUT2D eigenvalue weighted by atomic mass is 16.4. The Bertz CT molecular complexity index is 1520. The molecule has 5 aromatic rings. The van der Waals surface area contributed by atoms with Gasteiger partial charge in [0, 0.05) is 11.1 Å². The lowest BCUT2D eigenvalue weighted by Gasteiger charge is -2.07. The van der Waals surface area contributed by atoms with E-state index < -0.39 is 11.3 Å². The van der Waals surface area contributed by atoms with Gasteiger partial charge in [-0.15, -0.1) is 0 Å². The highest BCUT2D eigenvalue weighted by molar-refractivity contribution is 5.83. The van der Waals surface area contributed by atoms with Crippen molar-refractivity contribution in [3.8, 4) is 22.9 Å². The summed E-state index contributed by atoms with van der Waals surface area (Å²) in [7, 11) is 0. The van der Waals surface area contributed by atoms with Gasteiger partial charge >= 0.3 is 11.3 Å². The first-order valence-electron chi connectivity index (χ1n) is 10.2. The highest BCUT2D eigenvalue weighted by Crippen LogP contribution is 2.26. The van der Waals surface area contributed by atoms with E-state index in [0.29, 0.717) is 32.9 Å². The summed E-state index contributed by atoms with van der Waals surface area (Å²) in [6, 6.07) is 14.6. The summed E-state index contributed by atoms with van der Waals surface area (Å²) in [5.74, 6) is 0.473. The monoisotopic (exact) mass is 424 g/mol. The Morgan fingerprint density at radius 2 is 0.969 bits per heavy atom. The fourth-order valence-corrected chi connectivity index (χ4v) is 4.06. The molecule has 2 heterocycles. The van der Waals surface area contributed by atoms with Crippen LogP contribution in [0.15, 0.2) is 67.0 Å². The molecule has 0 aliphatic carbocycles. The molecule has 0 saturated carbocycles. The molecule has 0 N–H and O–H groups in total. The molecule has 3 aromatic carbocycles. The molecule has 2 aromatic heterocycles. The van der Waals surface area contributed by atoms with Crippen molar-refractivity contribution in [3.63, 3.8) is 0 Å². The van der Waals surface area contributed by atoms with E-state index >= 15 is 0 Å². The third-order valence-electron chi connectivity index (χ3n) is 5.51. The lowest BCUT2D eigenvalue weighted by atomic mass is 10.1. The van der Waals surface area contributed by atoms with Crippen molar-refractivity contribution in [2.45, 2.75) is 27.7 Å². The van der Waals surface area contributed by atoms with Gasteiger partial charge in [0.2, 0.25) is 11.8 Å². The van der Waals surface area contributed by atoms with Crippen LogP contribution >= 0.6 is 0 Å². The van der Waals surface area contributed by atoms with Crippen molar-refractivity contribution < 1.29 is 8.83 Å². The van der Waals surface area contributed by atoms with Gasteiger partial charge in [-0.25, -0.2) is 19.6 Å². The van der Waals surface area contributed by atoms with Crippen LogP contribution in [-0.4, -0.2) is 9.97 Å². The van der Waals surface area contributed by atoms with Gasteiger partial charge < -0.3 is 8.83 Å². The van der Waals surface area contributed by atoms with E-state index in [9.17, 15) is 9.59 Å². The fourth-order valence-electron chi connectivity index (χ4n) is 4.06. The summed E-state index contributed by atoms with van der Waals surface area (Å²) in [5, 5.41) is 0.936. The Balaban J connectivity index is 1.59. The normalized spacial score (nSPS) is 11.4. The van der Waals surface area contributed by atoms with E-state index in [4.69, 9.17) is 8.83 Å². The van der Waals surface area contributed by atoms with Gasteiger partial charge in [0.05, 0.1) is 21.8 Å². The molecule has 0 saturated heterocycles. The largest absolute Gasteiger partial charge is 0.403 e. The molecule has 0 amide bonds. The summed E-state index contributed by atoms with van der Waals surface area (Å²) in [6.45, 7) is 7.71. The zero-order chi connectivity index (χ0) is 22.6. The number of aryl methyl sites for hydroxylation is 4. The summed E-state index contributed by atoms with van der Waals surface area (Å²) in [4.78, 5) is 34.2. The van der Waals surface area contributed by atoms with E-state index in [1.54, 1.807) is 36.4 Å². The third-order valence-corrected chi connectivity index (χ3v) is 5.51. The average Bonchev–Trinajstić information content (AvgIpc) is 2.75. The standard InChI is InChI=1S/C26H20N2O4/c1-13-9-15(3)21-19(11-13)25(29)31-23(27-21)17-5-7-18(8-6-17)24-28-22-16(4)10-14(2)12-20(22)26(30)32-24/h5-12H,1-4H3. The number of aromatic nitrogens is 2. The van der Waals surface area contributed by atoms with E-state index in [-0.39, 0.29) is 11.8 Å². The first-order chi connectivity index (χ1) is 15.3. The molecule has 0 aliphatic heterocycles. The third kappa shape index (κ3) is 3.30. The number of hydrogen-bond acceptors (Lipinski definition) is 6. The fraction of sp³-hybridized carbons (Fsp3) is 0.154. The first kappa shape index (κ1) is 19.9. The quantitative estimate of drug-likeness (QED) is 0.384. The van der Waals surface area contributed by atoms with Crippen molar-refractivity contribution in [1.29, 1.82) is 0 Å². The molecule has 158 valence electrons. The van der Waals surface area contributed by atoms with Crippen molar-refractivity contribution in [2.24, 2.45) is 0 Å². The van der Waals surface area contributed by atoms with Gasteiger partial charge in [0.15, 0.2) is 0 Å². The molecular formula is C26H20N2O4. The minimum absolute atomic E-state index is 0.236. The summed E-state index contributed by atoms with van der Waals surface area (Å²) < 4.78 is 11.0. The van der Waals surface area contributed by atoms with Crippen molar-refractivity contribution in [1.82, 2.24) is 9.97 Å². The van der Waals surface area contributed by atoms with Crippen LogP contribution in [0.3, 0.4) is 0 Å². The van der Waals surface area contributed by atoms with Gasteiger partial charge in [-0.2, -0.15) is 0 Å². The molecular weight excluding hydrogens is 404 g/mol. The van der Waals surface area contributed by atoms with Crippen LogP contribution in [0, 0.1) is 27.7 Å². The minimum Gasteiger partial charge on any atom is -0.403 e. The smallest absolute Gasteiger partial charge is 0.347 e. The Morgan fingerprint density at radius 3 is 1.34 bits per heavy atom. The first-order valence-corrected chi connectivity index (χ1v) is 10.2. The van der Waals surface area contributed by atoms with Crippen molar-refractivity contribution >= 4 is 21.8 Å². The van der Waals surface area contributed by atoms with Gasteiger partial charge in [0.1, 0.15) is 0 Å². The molecule has 0 aliphatic rings. The van der Waals surface area contributed by atoms with Crippen LogP contribution in [-0.2, 0) is 0 Å². The van der Waals surface area contributed by atoms with Gasteiger partial charge in [0.25, 0.3) is 0 Å². The lowest BCUT2D eigenvalue weighted by molar-refractivity contribution is 0.516. The molecule has 5 rings (SSSR count). The Hall–Kier alpha value is -4.06. The van der Waals surface area contributed by atoms with E-state index in [2.05, 4.69) is 9.97 Å². The second-order valence-electron chi connectivity index (χ2n) is 8.15. The average molecular weight is 424 g/mol. The summed E-state index contributed by atoms with van der Waals surface area (Å²) in [5.41, 5.74) is 5.48. The predicted molar refractivity (Wildman–Crippen MR) is 124 cm³/mol. The number of benzene rings is 3. The van der Waals surface area contributed by atoms with Crippen molar-refractivity contribution in [2.75, 3.05) is 0 Å². The summed E-state index contributed by atoms with van der Waals surface area (Å²) >= 11 is 0. The van der Waals surface area contributed by atoms with Crippen LogP contribution in [0.2, 0.25) is 0 Å². The molecule has 0 atom stereocenters. The molecule has 32 heavy (non-hydrogen) atoms. The second kappa shape index (κ2) is 7.27. The summed E-state index contributed by atoms with van der Waals surface area (Å²) in [6.07, 6.45) is 0. The maximum Gasteiger partial charge on any atom is 0.347 e. The molecule has 6 heteroatoms. The Morgan fingerprint density at radius 1 is 0.594 bits per heavy atom. The number of nitrogens with zero attached hydrogens (tertiary/aromatic N) is 2. The lowest BCUT2D eigenvalue weighted by Crippen LogP contribution is -2.05. The van der Waals surface area contributed by atoms with E-state index in [1.807, 2.05) is 39.8 Å². The van der Waals surface area contributed by atoms with Crippen LogP contribution in [0.4, 0.5) is 0 Å². The predicted octanol–water partition coefficient (Wildman–Crippen LogP) is 5.26. The van der Waals surface area contributed by atoms with Crippen molar-refractivity contribution in [3.05, 3.63) is 91.6 Å². The van der Waals surface area contributed by atoms with Crippen LogP contribution < -0.4 is 11.3 Å². The van der Waals surface area contributed by atoms with Crippen LogP contribution in [0.5, 0.6) is 0 Å². The number of rotatable bonds is 2. The van der Waals surface area contributed by atoms with Gasteiger partial charge in [-0.1, -0.05) is 12.1 Å². The molecule has 0 bridgehead atoms. The Kier molecular flexibility index (Phi) is 4.51. The second-order valence-corrected chi connectivity index (χ2v) is 8.15. The van der Waals surface area contributed by atoms with Crippen LogP contribution in [0.25, 0.3) is 44.7 Å².